The minimum atomic E-state index is -3.46. The molecule has 0 aliphatic carbocycles. The summed E-state index contributed by atoms with van der Waals surface area (Å²) in [5, 5.41) is 8.52. The zero-order valence-electron chi connectivity index (χ0n) is 6.01. The van der Waals surface area contributed by atoms with Crippen molar-refractivity contribution in [3.63, 3.8) is 0 Å². The van der Waals surface area contributed by atoms with Gasteiger partial charge in [-0.05, 0) is 11.5 Å². The molecular weight excluding hydrogens is 202 g/mol. The zero-order valence-corrected chi connectivity index (χ0v) is 7.65. The van der Waals surface area contributed by atoms with Crippen LogP contribution in [0.15, 0.2) is 10.4 Å². The summed E-state index contributed by atoms with van der Waals surface area (Å²) in [6.45, 7) is 0. The molecule has 0 unspecified atom stereocenters. The van der Waals surface area contributed by atoms with Crippen LogP contribution in [0.4, 0.5) is 0 Å². The van der Waals surface area contributed by atoms with Crippen molar-refractivity contribution >= 4 is 27.3 Å². The van der Waals surface area contributed by atoms with Gasteiger partial charge in [0.05, 0.1) is 6.20 Å². The number of carboxylic acids is 1. The molecule has 1 rings (SSSR count). The van der Waals surface area contributed by atoms with Crippen molar-refractivity contribution < 1.29 is 18.3 Å². The van der Waals surface area contributed by atoms with Gasteiger partial charge < -0.3 is 5.11 Å². The summed E-state index contributed by atoms with van der Waals surface area (Å²) in [4.78, 5) is 10.4. The van der Waals surface area contributed by atoms with E-state index in [2.05, 4.69) is 4.37 Å². The smallest absolute Gasteiger partial charge is 0.339 e. The van der Waals surface area contributed by atoms with Crippen LogP contribution in [-0.4, -0.2) is 30.1 Å². The van der Waals surface area contributed by atoms with Crippen LogP contribution in [-0.2, 0) is 9.84 Å². The van der Waals surface area contributed by atoms with E-state index in [1.807, 2.05) is 0 Å². The van der Waals surface area contributed by atoms with Crippen molar-refractivity contribution in [2.24, 2.45) is 0 Å². The maximum atomic E-state index is 10.9. The summed E-state index contributed by atoms with van der Waals surface area (Å²) in [6.07, 6.45) is 1.98. The summed E-state index contributed by atoms with van der Waals surface area (Å²) >= 11 is 0.666. The van der Waals surface area contributed by atoms with Crippen molar-refractivity contribution in [1.82, 2.24) is 4.37 Å². The highest BCUT2D eigenvalue weighted by Crippen LogP contribution is 2.19. The van der Waals surface area contributed by atoms with E-state index >= 15 is 0 Å². The molecule has 1 N–H and O–H groups in total. The fourth-order valence-electron chi connectivity index (χ4n) is 0.639. The summed E-state index contributed by atoms with van der Waals surface area (Å²) in [5.74, 6) is -1.27. The topological polar surface area (TPSA) is 84.3 Å². The Balaban J connectivity index is 3.36. The number of nitrogens with zero attached hydrogens (tertiary/aromatic N) is 1. The minimum absolute atomic E-state index is 0.199. The number of carboxylic acid groups (broad SMARTS) is 1. The van der Waals surface area contributed by atoms with Gasteiger partial charge in [-0.2, -0.15) is 4.37 Å². The number of carbonyl (C=O) groups is 1. The van der Waals surface area contributed by atoms with Crippen molar-refractivity contribution in [2.75, 3.05) is 6.26 Å². The Morgan fingerprint density at radius 1 is 1.67 bits per heavy atom. The van der Waals surface area contributed by atoms with Crippen LogP contribution in [0, 0.1) is 0 Å². The Bertz CT molecular complexity index is 405. The van der Waals surface area contributed by atoms with Crippen molar-refractivity contribution in [2.45, 2.75) is 4.21 Å². The molecule has 0 saturated heterocycles. The van der Waals surface area contributed by atoms with Gasteiger partial charge >= 0.3 is 5.97 Å². The van der Waals surface area contributed by atoms with Gasteiger partial charge in [-0.3, -0.25) is 0 Å². The van der Waals surface area contributed by atoms with E-state index in [4.69, 9.17) is 5.11 Å². The van der Waals surface area contributed by atoms with Crippen LogP contribution in [0.5, 0.6) is 0 Å². The highest BCUT2D eigenvalue weighted by atomic mass is 32.2. The lowest BCUT2D eigenvalue weighted by Gasteiger charge is -1.92. The molecule has 7 heteroatoms. The number of rotatable bonds is 2. The Morgan fingerprint density at radius 2 is 2.25 bits per heavy atom. The Hall–Kier alpha value is -0.950. The Morgan fingerprint density at radius 3 is 2.58 bits per heavy atom. The number of sulfone groups is 1. The SMILES string of the molecule is CS(=O)(=O)c1sncc1C(=O)O. The summed E-state index contributed by atoms with van der Waals surface area (Å²) in [6, 6.07) is 0. The van der Waals surface area contributed by atoms with E-state index in [-0.39, 0.29) is 9.77 Å². The lowest BCUT2D eigenvalue weighted by Crippen LogP contribution is -2.03. The molecule has 1 aromatic rings. The predicted octanol–water partition coefficient (Wildman–Crippen LogP) is 0.245. The van der Waals surface area contributed by atoms with Crippen LogP contribution in [0.1, 0.15) is 10.4 Å². The van der Waals surface area contributed by atoms with E-state index in [0.717, 1.165) is 12.5 Å². The molecule has 0 fully saturated rings. The number of hydrogen-bond acceptors (Lipinski definition) is 5. The average molecular weight is 207 g/mol. The van der Waals surface area contributed by atoms with Crippen LogP contribution in [0.25, 0.3) is 0 Å². The highest BCUT2D eigenvalue weighted by Gasteiger charge is 2.20. The lowest BCUT2D eigenvalue weighted by atomic mass is 10.4. The van der Waals surface area contributed by atoms with Gasteiger partial charge in [-0.15, -0.1) is 0 Å². The summed E-state index contributed by atoms with van der Waals surface area (Å²) < 4.78 is 25.1. The first kappa shape index (κ1) is 9.14. The molecule has 66 valence electrons. The average Bonchev–Trinajstić information content (AvgIpc) is 2.30. The summed E-state index contributed by atoms with van der Waals surface area (Å²) in [7, 11) is -3.46. The fourth-order valence-corrected chi connectivity index (χ4v) is 2.34. The molecule has 0 bridgehead atoms. The molecular formula is C5H5NO4S2. The van der Waals surface area contributed by atoms with E-state index in [1.165, 1.54) is 0 Å². The highest BCUT2D eigenvalue weighted by molar-refractivity contribution is 7.92. The normalized spacial score (nSPS) is 11.4. The fraction of sp³-hybridized carbons (Fsp3) is 0.200. The van der Waals surface area contributed by atoms with E-state index in [1.54, 1.807) is 0 Å². The molecule has 12 heavy (non-hydrogen) atoms. The zero-order chi connectivity index (χ0) is 9.35. The maximum Gasteiger partial charge on any atom is 0.339 e. The first-order chi connectivity index (χ1) is 5.43. The monoisotopic (exact) mass is 207 g/mol. The molecule has 5 nitrogen and oxygen atoms in total. The molecule has 0 saturated carbocycles. The third-order valence-electron chi connectivity index (χ3n) is 1.10. The third-order valence-corrected chi connectivity index (χ3v) is 3.73. The van der Waals surface area contributed by atoms with Gasteiger partial charge in [-0.25, -0.2) is 13.2 Å². The number of hydrogen-bond donors (Lipinski definition) is 1. The molecule has 0 spiro atoms. The second kappa shape index (κ2) is 2.83. The first-order valence-electron chi connectivity index (χ1n) is 2.81. The molecule has 0 radical (unpaired) electrons. The molecule has 1 aromatic heterocycles. The quantitative estimate of drug-likeness (QED) is 0.751. The van der Waals surface area contributed by atoms with Crippen LogP contribution in [0.2, 0.25) is 0 Å². The standard InChI is InChI=1S/C5H5NO4S2/c1-12(9,10)5-3(4(7)8)2-6-11-5/h2H,1H3,(H,7,8). The maximum absolute atomic E-state index is 10.9. The third kappa shape index (κ3) is 1.62. The Kier molecular flexibility index (Phi) is 2.16. The van der Waals surface area contributed by atoms with Gasteiger partial charge in [0.2, 0.25) is 0 Å². The second-order valence-corrected chi connectivity index (χ2v) is 5.12. The number of aromatic nitrogens is 1. The van der Waals surface area contributed by atoms with Crippen molar-refractivity contribution in [1.29, 1.82) is 0 Å². The van der Waals surface area contributed by atoms with E-state index < -0.39 is 15.8 Å². The second-order valence-electron chi connectivity index (χ2n) is 2.10. The van der Waals surface area contributed by atoms with Crippen molar-refractivity contribution in [3.05, 3.63) is 11.8 Å². The molecule has 0 atom stereocenters. The lowest BCUT2D eigenvalue weighted by molar-refractivity contribution is 0.0693. The Labute approximate surface area is 72.7 Å². The molecule has 0 aliphatic rings. The summed E-state index contributed by atoms with van der Waals surface area (Å²) in [5.41, 5.74) is -0.262. The predicted molar refractivity (Wildman–Crippen MR) is 42.2 cm³/mol. The molecule has 0 amide bonds. The van der Waals surface area contributed by atoms with Crippen LogP contribution >= 0.6 is 11.5 Å². The van der Waals surface area contributed by atoms with E-state index in [9.17, 15) is 13.2 Å². The van der Waals surface area contributed by atoms with Gasteiger partial charge in [0, 0.05) is 6.26 Å². The van der Waals surface area contributed by atoms with Gasteiger partial charge in [-0.1, -0.05) is 0 Å². The van der Waals surface area contributed by atoms with Crippen molar-refractivity contribution in [3.8, 4) is 0 Å². The molecule has 0 aliphatic heterocycles. The largest absolute Gasteiger partial charge is 0.478 e. The van der Waals surface area contributed by atoms with Gasteiger partial charge in [0.1, 0.15) is 5.56 Å². The molecule has 1 heterocycles. The number of aromatic carboxylic acids is 1. The molecule has 0 aromatic carbocycles. The van der Waals surface area contributed by atoms with Gasteiger partial charge in [0.15, 0.2) is 14.0 Å². The first-order valence-corrected chi connectivity index (χ1v) is 5.47. The van der Waals surface area contributed by atoms with Gasteiger partial charge in [0.25, 0.3) is 0 Å². The van der Waals surface area contributed by atoms with Crippen LogP contribution in [0.3, 0.4) is 0 Å². The minimum Gasteiger partial charge on any atom is -0.478 e. The van der Waals surface area contributed by atoms with E-state index in [0.29, 0.717) is 11.5 Å². The van der Waals surface area contributed by atoms with Crippen LogP contribution < -0.4 is 0 Å².